The summed E-state index contributed by atoms with van der Waals surface area (Å²) >= 11 is 0. The zero-order chi connectivity index (χ0) is 33.8. The number of allylic oxidation sites excluding steroid dienone is 5. The highest BCUT2D eigenvalue weighted by molar-refractivity contribution is 6.09. The van der Waals surface area contributed by atoms with Crippen molar-refractivity contribution >= 4 is 38.8 Å². The van der Waals surface area contributed by atoms with Crippen molar-refractivity contribution in [2.75, 3.05) is 4.90 Å². The summed E-state index contributed by atoms with van der Waals surface area (Å²) in [5.74, 6) is 0.299. The Kier molecular flexibility index (Phi) is 6.98. The molecule has 5 aromatic carbocycles. The highest BCUT2D eigenvalue weighted by Gasteiger charge is 2.39. The Bertz CT molecular complexity index is 2600. The predicted molar refractivity (Wildman–Crippen MR) is 199 cm³/mol. The summed E-state index contributed by atoms with van der Waals surface area (Å²) in [6, 6.07) is 44.9. The van der Waals surface area contributed by atoms with E-state index in [1.54, 1.807) is 0 Å². The Morgan fingerprint density at radius 3 is 2.26 bits per heavy atom. The number of nitriles is 3. The summed E-state index contributed by atoms with van der Waals surface area (Å²) < 4.78 is 2.30. The van der Waals surface area contributed by atoms with Crippen molar-refractivity contribution in [1.82, 2.24) is 4.57 Å². The van der Waals surface area contributed by atoms with Crippen LogP contribution in [0.15, 0.2) is 139 Å². The molecule has 3 unspecified atom stereocenters. The Balaban J connectivity index is 1.19. The zero-order valence-corrected chi connectivity index (χ0v) is 27.3. The van der Waals surface area contributed by atoms with Crippen LogP contribution >= 0.6 is 0 Å². The monoisotopic (exact) mass is 641 g/mol. The van der Waals surface area contributed by atoms with E-state index in [2.05, 4.69) is 119 Å². The summed E-state index contributed by atoms with van der Waals surface area (Å²) in [6.07, 6.45) is 11.6. The Morgan fingerprint density at radius 1 is 0.660 bits per heavy atom. The van der Waals surface area contributed by atoms with Gasteiger partial charge < -0.3 is 9.47 Å². The molecule has 3 atom stereocenters. The summed E-state index contributed by atoms with van der Waals surface area (Å²) in [5.41, 5.74) is 11.4. The van der Waals surface area contributed by atoms with Gasteiger partial charge in [0.1, 0.15) is 0 Å². The highest BCUT2D eigenvalue weighted by Crippen LogP contribution is 2.50. The molecular formula is C45H31N5. The lowest BCUT2D eigenvalue weighted by Crippen LogP contribution is -2.31. The molecule has 1 aliphatic heterocycles. The molecule has 0 fully saturated rings. The molecule has 0 N–H and O–H groups in total. The third-order valence-corrected chi connectivity index (χ3v) is 10.6. The number of anilines is 2. The lowest BCUT2D eigenvalue weighted by atomic mass is 9.82. The molecule has 5 heteroatoms. The van der Waals surface area contributed by atoms with Crippen molar-refractivity contribution in [1.29, 1.82) is 15.8 Å². The van der Waals surface area contributed by atoms with Crippen LogP contribution in [-0.2, 0) is 0 Å². The minimum atomic E-state index is -0.0116. The molecule has 3 aliphatic rings. The normalized spacial score (nSPS) is 19.2. The molecule has 1 aromatic heterocycles. The van der Waals surface area contributed by atoms with Crippen LogP contribution in [0, 0.1) is 34.0 Å². The minimum Gasteiger partial charge on any atom is -0.337 e. The lowest BCUT2D eigenvalue weighted by Gasteiger charge is -2.32. The number of fused-ring (bicyclic) bond motifs is 6. The molecule has 6 aromatic rings. The number of rotatable bonds is 4. The first-order chi connectivity index (χ1) is 24.7. The molecule has 236 valence electrons. The largest absolute Gasteiger partial charge is 0.337 e. The number of hydrogen-bond donors (Lipinski definition) is 0. The van der Waals surface area contributed by atoms with Crippen molar-refractivity contribution in [2.45, 2.75) is 37.1 Å². The van der Waals surface area contributed by atoms with Gasteiger partial charge in [-0.2, -0.15) is 15.8 Å². The van der Waals surface area contributed by atoms with Gasteiger partial charge in [-0.05, 0) is 96.1 Å². The molecule has 5 nitrogen and oxygen atoms in total. The van der Waals surface area contributed by atoms with Gasteiger partial charge in [-0.3, -0.25) is 0 Å². The second-order valence-electron chi connectivity index (χ2n) is 13.3. The Hall–Kier alpha value is -6.61. The third-order valence-electron chi connectivity index (χ3n) is 10.6. The zero-order valence-electron chi connectivity index (χ0n) is 27.3. The van der Waals surface area contributed by atoms with Gasteiger partial charge in [0.25, 0.3) is 0 Å². The second kappa shape index (κ2) is 11.8. The van der Waals surface area contributed by atoms with Crippen LogP contribution in [0.5, 0.6) is 0 Å². The molecule has 0 amide bonds. The van der Waals surface area contributed by atoms with Crippen LogP contribution < -0.4 is 4.90 Å². The average Bonchev–Trinajstić information content (AvgIpc) is 3.70. The van der Waals surface area contributed by atoms with Crippen molar-refractivity contribution in [3.05, 3.63) is 167 Å². The molecule has 50 heavy (non-hydrogen) atoms. The lowest BCUT2D eigenvalue weighted by molar-refractivity contribution is 0.565. The van der Waals surface area contributed by atoms with E-state index in [1.165, 1.54) is 11.3 Å². The molecule has 0 saturated heterocycles. The van der Waals surface area contributed by atoms with Crippen molar-refractivity contribution in [3.63, 3.8) is 0 Å². The molecule has 2 heterocycles. The number of benzene rings is 5. The minimum absolute atomic E-state index is 0.0116. The van der Waals surface area contributed by atoms with Crippen molar-refractivity contribution in [2.24, 2.45) is 0 Å². The molecular weight excluding hydrogens is 611 g/mol. The van der Waals surface area contributed by atoms with Gasteiger partial charge in [0.2, 0.25) is 0 Å². The maximum absolute atomic E-state index is 10.4. The van der Waals surface area contributed by atoms with E-state index in [4.69, 9.17) is 0 Å². The molecule has 0 spiro atoms. The van der Waals surface area contributed by atoms with Gasteiger partial charge in [-0.25, -0.2) is 0 Å². The fourth-order valence-corrected chi connectivity index (χ4v) is 8.48. The number of nitrogens with zero attached hydrogens (tertiary/aromatic N) is 5. The first kappa shape index (κ1) is 29.5. The van der Waals surface area contributed by atoms with Gasteiger partial charge in [-0.1, -0.05) is 78.9 Å². The van der Waals surface area contributed by atoms with E-state index in [9.17, 15) is 15.8 Å². The number of para-hydroxylation sites is 3. The van der Waals surface area contributed by atoms with Gasteiger partial charge in [0, 0.05) is 45.7 Å². The van der Waals surface area contributed by atoms with E-state index in [0.29, 0.717) is 29.0 Å². The topological polar surface area (TPSA) is 79.5 Å². The van der Waals surface area contributed by atoms with Crippen LogP contribution in [0.3, 0.4) is 0 Å². The van der Waals surface area contributed by atoms with Crippen molar-refractivity contribution < 1.29 is 0 Å². The second-order valence-corrected chi connectivity index (χ2v) is 13.3. The van der Waals surface area contributed by atoms with Crippen LogP contribution in [0.1, 0.15) is 58.9 Å². The fraction of sp³-hybridized carbons (Fsp3) is 0.133. The maximum Gasteiger partial charge on any atom is 0.0994 e. The van der Waals surface area contributed by atoms with Crippen LogP contribution in [0.4, 0.5) is 11.4 Å². The Labute approximate surface area is 291 Å². The average molecular weight is 642 g/mol. The van der Waals surface area contributed by atoms with Crippen molar-refractivity contribution in [3.8, 4) is 23.9 Å². The van der Waals surface area contributed by atoms with Gasteiger partial charge in [0.05, 0.1) is 45.9 Å². The van der Waals surface area contributed by atoms with E-state index < -0.39 is 0 Å². The van der Waals surface area contributed by atoms with E-state index in [-0.39, 0.29) is 12.0 Å². The number of hydrogen-bond acceptors (Lipinski definition) is 4. The maximum atomic E-state index is 10.4. The third kappa shape index (κ3) is 4.58. The summed E-state index contributed by atoms with van der Waals surface area (Å²) in [5, 5.41) is 32.4. The first-order valence-corrected chi connectivity index (χ1v) is 17.1. The van der Waals surface area contributed by atoms with Gasteiger partial charge in [0.15, 0.2) is 0 Å². The van der Waals surface area contributed by atoms with Gasteiger partial charge in [-0.15, -0.1) is 0 Å². The van der Waals surface area contributed by atoms with Crippen LogP contribution in [0.2, 0.25) is 0 Å². The first-order valence-electron chi connectivity index (χ1n) is 17.1. The summed E-state index contributed by atoms with van der Waals surface area (Å²) in [7, 11) is 0. The molecule has 0 radical (unpaired) electrons. The fourth-order valence-electron chi connectivity index (χ4n) is 8.48. The van der Waals surface area contributed by atoms with E-state index >= 15 is 0 Å². The van der Waals surface area contributed by atoms with E-state index in [1.807, 2.05) is 42.5 Å². The predicted octanol–water partition coefficient (Wildman–Crippen LogP) is 10.5. The molecule has 0 bridgehead atoms. The molecule has 2 aliphatic carbocycles. The molecule has 9 rings (SSSR count). The highest BCUT2D eigenvalue weighted by atomic mass is 15.2. The summed E-state index contributed by atoms with van der Waals surface area (Å²) in [4.78, 5) is 2.42. The summed E-state index contributed by atoms with van der Waals surface area (Å²) in [6.45, 7) is 0. The smallest absolute Gasteiger partial charge is 0.0994 e. The Morgan fingerprint density at radius 2 is 1.42 bits per heavy atom. The van der Waals surface area contributed by atoms with Gasteiger partial charge >= 0.3 is 0 Å². The van der Waals surface area contributed by atoms with Crippen LogP contribution in [-0.4, -0.2) is 10.6 Å². The van der Waals surface area contributed by atoms with E-state index in [0.717, 1.165) is 62.7 Å². The quantitative estimate of drug-likeness (QED) is 0.179. The molecule has 0 saturated carbocycles. The standard InChI is InChI=1S/C45H31N5/c46-26-29-17-20-45-40(23-29)38-12-4-8-16-44(38)50(45)41-13-5-1-9-35(41)31-18-19-32(28-48)39(25-31)33-21-30(27-47)22-34(24-33)49-42-14-6-2-10-36(42)37-11-3-7-15-43(37)49/h1-6,8-14,16-17,19-25,31,37,43H,7,15,18H2. The SMILES string of the molecule is N#CC1=CCC(c2ccccc2-n2c3ccccc3c3cc(C#N)ccc32)C=C1c1cc(C#N)cc(N2c3ccccc3C3C=CCCC32)c1. The number of aromatic nitrogens is 1. The van der Waals surface area contributed by atoms with Crippen LogP contribution in [0.25, 0.3) is 33.1 Å².